The molecule has 0 spiro atoms. The second-order valence-electron chi connectivity index (χ2n) is 1.98. The molecule has 0 fully saturated rings. The van der Waals surface area contributed by atoms with Crippen LogP contribution in [0.25, 0.3) is 0 Å². The summed E-state index contributed by atoms with van der Waals surface area (Å²) in [5, 5.41) is 0. The minimum absolute atomic E-state index is 0.00176. The van der Waals surface area contributed by atoms with E-state index in [9.17, 15) is 4.39 Å². The van der Waals surface area contributed by atoms with E-state index in [0.29, 0.717) is 6.42 Å². The third kappa shape index (κ3) is 1.53. The highest BCUT2D eigenvalue weighted by Crippen LogP contribution is 2.28. The predicted molar refractivity (Wildman–Crippen MR) is 44.8 cm³/mol. The van der Waals surface area contributed by atoms with Crippen molar-refractivity contribution in [2.45, 2.75) is 13.3 Å². The third-order valence-electron chi connectivity index (χ3n) is 1.33. The van der Waals surface area contributed by atoms with Crippen molar-refractivity contribution in [1.82, 2.24) is 0 Å². The topological polar surface area (TPSA) is 0 Å². The van der Waals surface area contributed by atoms with Crippen LogP contribution in [-0.2, 0) is 0 Å². The molecule has 0 atom stereocenters. The van der Waals surface area contributed by atoms with Crippen molar-refractivity contribution < 1.29 is 4.39 Å². The first kappa shape index (κ1) is 7.25. The molecule has 49 valence electrons. The Balaban J connectivity index is 2.88. The van der Waals surface area contributed by atoms with Crippen molar-refractivity contribution in [2.75, 3.05) is 0 Å². The molecule has 1 radical (unpaired) electrons. The Morgan fingerprint density at radius 1 is 1.67 bits per heavy atom. The molecule has 2 heteroatoms. The average Bonchev–Trinajstić information content (AvgIpc) is 1.83. The lowest BCUT2D eigenvalue weighted by Gasteiger charge is -2.07. The van der Waals surface area contributed by atoms with Crippen LogP contribution < -0.4 is 0 Å². The Hall–Kier alpha value is 0.140. The van der Waals surface area contributed by atoms with E-state index >= 15 is 0 Å². The Labute approximate surface area is 68.0 Å². The Kier molecular flexibility index (Phi) is 2.27. The Morgan fingerprint density at radius 2 is 2.33 bits per heavy atom. The molecule has 0 nitrogen and oxygen atoms in total. The van der Waals surface area contributed by atoms with Crippen molar-refractivity contribution in [3.8, 4) is 0 Å². The van der Waals surface area contributed by atoms with E-state index in [0.717, 1.165) is 9.15 Å². The van der Waals surface area contributed by atoms with Crippen LogP contribution in [0.3, 0.4) is 0 Å². The lowest BCUT2D eigenvalue weighted by atomic mass is 10.1. The molecule has 0 aromatic rings. The Morgan fingerprint density at radius 3 is 2.78 bits per heavy atom. The van der Waals surface area contributed by atoms with Crippen molar-refractivity contribution in [2.24, 2.45) is 0 Å². The molecule has 0 aliphatic heterocycles. The average molecular weight is 237 g/mol. The molecule has 0 N–H and O–H groups in total. The van der Waals surface area contributed by atoms with Crippen LogP contribution in [0.2, 0.25) is 0 Å². The summed E-state index contributed by atoms with van der Waals surface area (Å²) in [6, 6.07) is 0. The van der Waals surface area contributed by atoms with Crippen molar-refractivity contribution in [3.63, 3.8) is 0 Å². The maximum absolute atomic E-state index is 12.6. The molecule has 1 aliphatic rings. The summed E-state index contributed by atoms with van der Waals surface area (Å²) in [7, 11) is 0. The minimum atomic E-state index is 0.00176. The standard InChI is InChI=1S/C7H7FI/c1-5-6(8)3-2-4-7(5)9/h2,4H,3H2,1H3. The van der Waals surface area contributed by atoms with Gasteiger partial charge in [0, 0.05) is 10.0 Å². The second-order valence-corrected chi connectivity index (χ2v) is 3.15. The predicted octanol–water partition coefficient (Wildman–Crippen LogP) is 3.16. The SMILES string of the molecule is CC1=C(F)C[CH]C=C1I. The van der Waals surface area contributed by atoms with E-state index in [-0.39, 0.29) is 5.83 Å². The largest absolute Gasteiger partial charge is 0.211 e. The van der Waals surface area contributed by atoms with E-state index in [1.54, 1.807) is 6.92 Å². The van der Waals surface area contributed by atoms with Gasteiger partial charge in [0.1, 0.15) is 5.83 Å². The molecule has 0 aromatic heterocycles. The van der Waals surface area contributed by atoms with Crippen LogP contribution in [-0.4, -0.2) is 0 Å². The molecule has 1 aliphatic carbocycles. The summed E-state index contributed by atoms with van der Waals surface area (Å²) in [5.41, 5.74) is 0.790. The minimum Gasteiger partial charge on any atom is -0.211 e. The van der Waals surface area contributed by atoms with Crippen LogP contribution in [0.5, 0.6) is 0 Å². The van der Waals surface area contributed by atoms with E-state index in [2.05, 4.69) is 22.6 Å². The van der Waals surface area contributed by atoms with Gasteiger partial charge in [-0.3, -0.25) is 0 Å². The van der Waals surface area contributed by atoms with Crippen LogP contribution in [0.15, 0.2) is 21.1 Å². The molecule has 9 heavy (non-hydrogen) atoms. The van der Waals surface area contributed by atoms with Crippen LogP contribution in [0.4, 0.5) is 4.39 Å². The zero-order chi connectivity index (χ0) is 6.85. The summed E-state index contributed by atoms with van der Waals surface area (Å²) in [6.45, 7) is 1.81. The molecular weight excluding hydrogens is 230 g/mol. The molecular formula is C7H7FI. The van der Waals surface area contributed by atoms with Gasteiger partial charge in [-0.25, -0.2) is 4.39 Å². The van der Waals surface area contributed by atoms with E-state index < -0.39 is 0 Å². The normalized spacial score (nSPS) is 20.1. The van der Waals surface area contributed by atoms with Gasteiger partial charge in [-0.05, 0) is 41.5 Å². The van der Waals surface area contributed by atoms with Gasteiger partial charge < -0.3 is 0 Å². The van der Waals surface area contributed by atoms with E-state index in [4.69, 9.17) is 0 Å². The van der Waals surface area contributed by atoms with Crippen LogP contribution >= 0.6 is 22.6 Å². The first-order valence-corrected chi connectivity index (χ1v) is 3.84. The van der Waals surface area contributed by atoms with Crippen molar-refractivity contribution in [1.29, 1.82) is 0 Å². The van der Waals surface area contributed by atoms with Crippen LogP contribution in [0.1, 0.15) is 13.3 Å². The molecule has 1 rings (SSSR count). The molecule has 0 unspecified atom stereocenters. The molecule has 0 heterocycles. The number of halogens is 2. The molecule has 0 saturated carbocycles. The highest BCUT2D eigenvalue weighted by atomic mass is 127. The quantitative estimate of drug-likeness (QED) is 0.567. The first-order chi connectivity index (χ1) is 4.22. The summed E-state index contributed by atoms with van der Waals surface area (Å²) >= 11 is 2.13. The number of allylic oxidation sites excluding steroid dienone is 4. The molecule has 0 aromatic carbocycles. The van der Waals surface area contributed by atoms with Gasteiger partial charge in [0.25, 0.3) is 0 Å². The monoisotopic (exact) mass is 237 g/mol. The number of rotatable bonds is 0. The fourth-order valence-corrected chi connectivity index (χ4v) is 1.22. The Bertz CT molecular complexity index is 179. The van der Waals surface area contributed by atoms with Crippen molar-refractivity contribution in [3.05, 3.63) is 27.5 Å². The van der Waals surface area contributed by atoms with Crippen molar-refractivity contribution >= 4 is 22.6 Å². The summed E-state index contributed by atoms with van der Waals surface area (Å²) in [6.07, 6.45) is 4.25. The van der Waals surface area contributed by atoms with Gasteiger partial charge in [-0.1, -0.05) is 6.08 Å². The fourth-order valence-electron chi connectivity index (χ4n) is 0.674. The van der Waals surface area contributed by atoms with Gasteiger partial charge >= 0.3 is 0 Å². The highest BCUT2D eigenvalue weighted by molar-refractivity contribution is 14.1. The lowest BCUT2D eigenvalue weighted by molar-refractivity contribution is 0.599. The number of hydrogen-bond donors (Lipinski definition) is 0. The smallest absolute Gasteiger partial charge is 0.104 e. The lowest BCUT2D eigenvalue weighted by Crippen LogP contribution is -1.89. The van der Waals surface area contributed by atoms with Gasteiger partial charge in [0.15, 0.2) is 0 Å². The third-order valence-corrected chi connectivity index (χ3v) is 2.50. The summed E-state index contributed by atoms with van der Waals surface area (Å²) < 4.78 is 13.6. The van der Waals surface area contributed by atoms with Gasteiger partial charge in [0.2, 0.25) is 0 Å². The number of hydrogen-bond acceptors (Lipinski definition) is 0. The van der Waals surface area contributed by atoms with Gasteiger partial charge in [-0.2, -0.15) is 0 Å². The molecule has 0 amide bonds. The maximum atomic E-state index is 12.6. The maximum Gasteiger partial charge on any atom is 0.104 e. The van der Waals surface area contributed by atoms with Crippen LogP contribution in [0, 0.1) is 6.42 Å². The summed E-state index contributed by atoms with van der Waals surface area (Å²) in [5.74, 6) is 0.00176. The van der Waals surface area contributed by atoms with Gasteiger partial charge in [-0.15, -0.1) is 0 Å². The molecule has 0 bridgehead atoms. The highest BCUT2D eigenvalue weighted by Gasteiger charge is 2.08. The molecule has 0 saturated heterocycles. The van der Waals surface area contributed by atoms with E-state index in [1.165, 1.54) is 0 Å². The zero-order valence-electron chi connectivity index (χ0n) is 5.12. The second kappa shape index (κ2) is 2.82. The first-order valence-electron chi connectivity index (χ1n) is 2.76. The fraction of sp³-hybridized carbons (Fsp3) is 0.286. The van der Waals surface area contributed by atoms with Gasteiger partial charge in [0.05, 0.1) is 0 Å². The summed E-state index contributed by atoms with van der Waals surface area (Å²) in [4.78, 5) is 0. The zero-order valence-corrected chi connectivity index (χ0v) is 7.28. The van der Waals surface area contributed by atoms with E-state index in [1.807, 2.05) is 12.5 Å².